The molecule has 1 aliphatic heterocycles. The summed E-state index contributed by atoms with van der Waals surface area (Å²) in [5.74, 6) is -0.863. The van der Waals surface area contributed by atoms with Crippen LogP contribution in [-0.2, 0) is 14.1 Å². The van der Waals surface area contributed by atoms with Crippen molar-refractivity contribution in [3.8, 4) is 0 Å². The van der Waals surface area contributed by atoms with Gasteiger partial charge in [-0.1, -0.05) is 0 Å². The van der Waals surface area contributed by atoms with Gasteiger partial charge < -0.3 is 19.4 Å². The van der Waals surface area contributed by atoms with Crippen molar-refractivity contribution in [2.45, 2.75) is 12.8 Å². The van der Waals surface area contributed by atoms with Crippen molar-refractivity contribution in [3.63, 3.8) is 0 Å². The molecule has 2 amide bonds. The number of rotatable bonds is 3. The summed E-state index contributed by atoms with van der Waals surface area (Å²) >= 11 is 0. The predicted octanol–water partition coefficient (Wildman–Crippen LogP) is 0.572. The number of likely N-dealkylation sites (tertiary alicyclic amines) is 1. The Labute approximate surface area is 149 Å². The zero-order chi connectivity index (χ0) is 18.8. The van der Waals surface area contributed by atoms with Crippen LogP contribution in [0.2, 0.25) is 0 Å². The highest BCUT2D eigenvalue weighted by Gasteiger charge is 2.22. The zero-order valence-corrected chi connectivity index (χ0v) is 14.7. The van der Waals surface area contributed by atoms with Crippen LogP contribution >= 0.6 is 0 Å². The lowest BCUT2D eigenvalue weighted by Crippen LogP contribution is -2.32. The van der Waals surface area contributed by atoms with E-state index in [2.05, 4.69) is 5.32 Å². The van der Waals surface area contributed by atoms with Crippen LogP contribution in [-0.4, -0.2) is 38.9 Å². The topological polar surface area (TPSA) is 93.4 Å². The molecule has 0 unspecified atom stereocenters. The van der Waals surface area contributed by atoms with E-state index in [4.69, 9.17) is 0 Å². The number of hydrogen-bond donors (Lipinski definition) is 1. The maximum atomic E-state index is 12.6. The Kier molecular flexibility index (Phi) is 4.75. The molecule has 0 bridgehead atoms. The lowest BCUT2D eigenvalue weighted by Gasteiger charge is -2.16. The lowest BCUT2D eigenvalue weighted by atomic mass is 10.2. The largest absolute Gasteiger partial charge is 0.339 e. The van der Waals surface area contributed by atoms with Gasteiger partial charge in [0.1, 0.15) is 11.3 Å². The normalized spacial score (nSPS) is 13.7. The summed E-state index contributed by atoms with van der Waals surface area (Å²) in [5.41, 5.74) is -0.706. The van der Waals surface area contributed by atoms with Crippen molar-refractivity contribution >= 4 is 17.5 Å². The van der Waals surface area contributed by atoms with Gasteiger partial charge in [-0.3, -0.25) is 19.2 Å². The molecule has 0 saturated carbocycles. The second-order valence-corrected chi connectivity index (χ2v) is 6.35. The molecule has 3 rings (SSSR count). The fourth-order valence-electron chi connectivity index (χ4n) is 2.98. The fourth-order valence-corrected chi connectivity index (χ4v) is 2.98. The van der Waals surface area contributed by atoms with Crippen molar-refractivity contribution in [1.29, 1.82) is 0 Å². The molecule has 1 N–H and O–H groups in total. The van der Waals surface area contributed by atoms with Crippen LogP contribution in [0.4, 0.5) is 5.69 Å². The quantitative estimate of drug-likeness (QED) is 0.870. The first kappa shape index (κ1) is 17.7. The van der Waals surface area contributed by atoms with Gasteiger partial charge in [0.2, 0.25) is 0 Å². The van der Waals surface area contributed by atoms with Gasteiger partial charge in [-0.25, -0.2) is 0 Å². The molecule has 26 heavy (non-hydrogen) atoms. The maximum Gasteiger partial charge on any atom is 0.274 e. The van der Waals surface area contributed by atoms with Crippen LogP contribution in [0.15, 0.2) is 40.2 Å². The Morgan fingerprint density at radius 3 is 2.42 bits per heavy atom. The van der Waals surface area contributed by atoms with Crippen LogP contribution in [0.3, 0.4) is 0 Å². The number of aryl methyl sites for hydroxylation is 2. The number of pyridine rings is 2. The fraction of sp³-hybridized carbons (Fsp3) is 0.333. The number of amides is 2. The third-order valence-corrected chi connectivity index (χ3v) is 4.44. The standard InChI is InChI=1S/C18H20N4O4/c1-20-7-5-6-13(17(20)25)15(23)19-14-10-12(11-21(2)18(14)26)16(24)22-8-3-4-9-22/h5-7,10-11H,3-4,8-9H2,1-2H3,(H,19,23). The minimum Gasteiger partial charge on any atom is -0.339 e. The van der Waals surface area contributed by atoms with Gasteiger partial charge in [0, 0.05) is 39.6 Å². The lowest BCUT2D eigenvalue weighted by molar-refractivity contribution is 0.0791. The molecule has 0 spiro atoms. The van der Waals surface area contributed by atoms with Gasteiger partial charge in [-0.05, 0) is 31.0 Å². The number of nitrogens with zero attached hydrogens (tertiary/aromatic N) is 3. The first-order valence-corrected chi connectivity index (χ1v) is 8.35. The van der Waals surface area contributed by atoms with Gasteiger partial charge in [-0.15, -0.1) is 0 Å². The molecule has 0 radical (unpaired) electrons. The number of aromatic nitrogens is 2. The number of carbonyl (C=O) groups is 2. The van der Waals surface area contributed by atoms with Crippen molar-refractivity contribution in [2.75, 3.05) is 18.4 Å². The van der Waals surface area contributed by atoms with E-state index < -0.39 is 17.0 Å². The van der Waals surface area contributed by atoms with Crippen LogP contribution in [0, 0.1) is 0 Å². The van der Waals surface area contributed by atoms with Gasteiger partial charge in [0.15, 0.2) is 0 Å². The van der Waals surface area contributed by atoms with E-state index in [-0.39, 0.29) is 17.2 Å². The highest BCUT2D eigenvalue weighted by atomic mass is 16.2. The van der Waals surface area contributed by atoms with E-state index in [0.29, 0.717) is 18.7 Å². The monoisotopic (exact) mass is 356 g/mol. The molecule has 0 atom stereocenters. The van der Waals surface area contributed by atoms with E-state index in [9.17, 15) is 19.2 Å². The molecule has 1 saturated heterocycles. The Balaban J connectivity index is 1.93. The van der Waals surface area contributed by atoms with Crippen LogP contribution in [0.25, 0.3) is 0 Å². The summed E-state index contributed by atoms with van der Waals surface area (Å²) in [6.07, 6.45) is 4.91. The van der Waals surface area contributed by atoms with E-state index in [1.807, 2.05) is 0 Å². The predicted molar refractivity (Wildman–Crippen MR) is 96.5 cm³/mol. The molecule has 2 aromatic heterocycles. The summed E-state index contributed by atoms with van der Waals surface area (Å²) in [7, 11) is 3.05. The minimum atomic E-state index is -0.686. The van der Waals surface area contributed by atoms with Crippen LogP contribution in [0.5, 0.6) is 0 Å². The van der Waals surface area contributed by atoms with Gasteiger partial charge >= 0.3 is 0 Å². The molecular weight excluding hydrogens is 336 g/mol. The van der Waals surface area contributed by atoms with Crippen molar-refractivity contribution in [3.05, 3.63) is 62.4 Å². The zero-order valence-electron chi connectivity index (χ0n) is 14.7. The molecule has 0 aromatic carbocycles. The Hall–Kier alpha value is -3.16. The number of carbonyl (C=O) groups excluding carboxylic acids is 2. The van der Waals surface area contributed by atoms with Crippen LogP contribution in [0.1, 0.15) is 33.6 Å². The Bertz CT molecular complexity index is 983. The van der Waals surface area contributed by atoms with Crippen molar-refractivity contribution in [1.82, 2.24) is 14.0 Å². The molecule has 0 aliphatic carbocycles. The SMILES string of the molecule is Cn1cc(C(=O)N2CCCC2)cc(NC(=O)c2cccn(C)c2=O)c1=O. The highest BCUT2D eigenvalue weighted by molar-refractivity contribution is 6.04. The molecule has 3 heterocycles. The van der Waals surface area contributed by atoms with Crippen molar-refractivity contribution < 1.29 is 9.59 Å². The van der Waals surface area contributed by atoms with Crippen molar-refractivity contribution in [2.24, 2.45) is 14.1 Å². The summed E-state index contributed by atoms with van der Waals surface area (Å²) in [6, 6.07) is 4.33. The maximum absolute atomic E-state index is 12.6. The first-order chi connectivity index (χ1) is 12.4. The van der Waals surface area contributed by atoms with E-state index in [1.54, 1.807) is 11.0 Å². The molecule has 8 heteroatoms. The van der Waals surface area contributed by atoms with Gasteiger partial charge in [-0.2, -0.15) is 0 Å². The third kappa shape index (κ3) is 3.30. The first-order valence-electron chi connectivity index (χ1n) is 8.35. The average molecular weight is 356 g/mol. The van der Waals surface area contributed by atoms with Gasteiger partial charge in [0.05, 0.1) is 5.56 Å². The number of anilines is 1. The molecule has 8 nitrogen and oxygen atoms in total. The summed E-state index contributed by atoms with van der Waals surface area (Å²) in [6.45, 7) is 1.37. The minimum absolute atomic E-state index is 0.0338. The van der Waals surface area contributed by atoms with E-state index >= 15 is 0 Å². The molecule has 136 valence electrons. The molecule has 1 aliphatic rings. The van der Waals surface area contributed by atoms with Crippen LogP contribution < -0.4 is 16.4 Å². The molecule has 2 aromatic rings. The number of hydrogen-bond acceptors (Lipinski definition) is 4. The molecular formula is C18H20N4O4. The Morgan fingerprint density at radius 1 is 1.04 bits per heavy atom. The summed E-state index contributed by atoms with van der Waals surface area (Å²) in [5, 5.41) is 2.46. The second kappa shape index (κ2) is 6.99. The Morgan fingerprint density at radius 2 is 1.73 bits per heavy atom. The third-order valence-electron chi connectivity index (χ3n) is 4.44. The van der Waals surface area contributed by atoms with E-state index in [0.717, 1.165) is 12.8 Å². The summed E-state index contributed by atoms with van der Waals surface area (Å²) in [4.78, 5) is 51.1. The van der Waals surface area contributed by atoms with E-state index in [1.165, 1.54) is 47.8 Å². The smallest absolute Gasteiger partial charge is 0.274 e. The second-order valence-electron chi connectivity index (χ2n) is 6.35. The summed E-state index contributed by atoms with van der Waals surface area (Å²) < 4.78 is 2.53. The average Bonchev–Trinajstić information content (AvgIpc) is 3.15. The molecule has 1 fully saturated rings. The highest BCUT2D eigenvalue weighted by Crippen LogP contribution is 2.14. The van der Waals surface area contributed by atoms with Gasteiger partial charge in [0.25, 0.3) is 22.9 Å². The number of nitrogens with one attached hydrogen (secondary N) is 1.